The van der Waals surface area contributed by atoms with Gasteiger partial charge in [0.15, 0.2) is 0 Å². The van der Waals surface area contributed by atoms with Gasteiger partial charge in [-0.1, -0.05) is 42.8 Å². The summed E-state index contributed by atoms with van der Waals surface area (Å²) >= 11 is 0. The maximum atomic E-state index is 11.1. The molecule has 1 atom stereocenters. The molecule has 2 nitrogen and oxygen atoms in total. The third-order valence-electron chi connectivity index (χ3n) is 3.32. The normalized spacial score (nSPS) is 19.5. The predicted molar refractivity (Wildman–Crippen MR) is 70.6 cm³/mol. The fraction of sp³-hybridized carbons (Fsp3) is 0.267. The van der Waals surface area contributed by atoms with E-state index in [4.69, 9.17) is 5.73 Å². The summed E-state index contributed by atoms with van der Waals surface area (Å²) in [6, 6.07) is 7.84. The number of rotatable bonds is 3. The molecular formula is C15H17NO. The SMILES string of the molecule is CC1CC=CC(C=O)=C1Cc1ccccc1N. The first-order valence-corrected chi connectivity index (χ1v) is 5.90. The second kappa shape index (κ2) is 5.00. The summed E-state index contributed by atoms with van der Waals surface area (Å²) in [7, 11) is 0. The van der Waals surface area contributed by atoms with E-state index in [0.717, 1.165) is 36.0 Å². The number of allylic oxidation sites excluding steroid dienone is 4. The average molecular weight is 227 g/mol. The number of nitrogen functional groups attached to an aromatic ring is 1. The number of para-hydroxylation sites is 1. The number of nitrogens with two attached hydrogens (primary N) is 1. The van der Waals surface area contributed by atoms with E-state index in [-0.39, 0.29) is 0 Å². The summed E-state index contributed by atoms with van der Waals surface area (Å²) in [6.45, 7) is 2.15. The van der Waals surface area contributed by atoms with Gasteiger partial charge in [-0.15, -0.1) is 0 Å². The molecule has 88 valence electrons. The molecule has 0 heterocycles. The third kappa shape index (κ3) is 2.47. The molecule has 1 unspecified atom stereocenters. The minimum Gasteiger partial charge on any atom is -0.398 e. The third-order valence-corrected chi connectivity index (χ3v) is 3.32. The highest BCUT2D eigenvalue weighted by molar-refractivity contribution is 5.79. The number of benzene rings is 1. The maximum absolute atomic E-state index is 11.1. The van der Waals surface area contributed by atoms with E-state index in [1.165, 1.54) is 5.57 Å². The summed E-state index contributed by atoms with van der Waals surface area (Å²) in [5.74, 6) is 0.416. The van der Waals surface area contributed by atoms with Crippen LogP contribution in [-0.2, 0) is 11.2 Å². The van der Waals surface area contributed by atoms with E-state index >= 15 is 0 Å². The minimum atomic E-state index is 0.416. The molecule has 1 aromatic carbocycles. The molecule has 0 saturated carbocycles. The molecule has 0 bridgehead atoms. The molecule has 1 aliphatic carbocycles. The Hall–Kier alpha value is -1.83. The van der Waals surface area contributed by atoms with Crippen molar-refractivity contribution >= 4 is 12.0 Å². The van der Waals surface area contributed by atoms with Gasteiger partial charge >= 0.3 is 0 Å². The Balaban J connectivity index is 2.33. The standard InChI is InChI=1S/C15H17NO/c1-11-5-4-7-13(10-17)14(11)9-12-6-2-3-8-15(12)16/h2-4,6-8,10-11H,5,9,16H2,1H3. The van der Waals surface area contributed by atoms with Crippen LogP contribution in [0.15, 0.2) is 47.6 Å². The van der Waals surface area contributed by atoms with Crippen LogP contribution in [0.2, 0.25) is 0 Å². The van der Waals surface area contributed by atoms with Crippen molar-refractivity contribution < 1.29 is 4.79 Å². The zero-order valence-electron chi connectivity index (χ0n) is 10.0. The van der Waals surface area contributed by atoms with E-state index in [1.807, 2.05) is 30.3 Å². The molecule has 0 amide bonds. The smallest absolute Gasteiger partial charge is 0.150 e. The number of hydrogen-bond acceptors (Lipinski definition) is 2. The lowest BCUT2D eigenvalue weighted by Gasteiger charge is -2.20. The van der Waals surface area contributed by atoms with Crippen molar-refractivity contribution in [1.29, 1.82) is 0 Å². The molecule has 0 fully saturated rings. The second-order valence-corrected chi connectivity index (χ2v) is 4.51. The summed E-state index contributed by atoms with van der Waals surface area (Å²) in [6.07, 6.45) is 6.69. The Kier molecular flexibility index (Phi) is 3.43. The van der Waals surface area contributed by atoms with Crippen LogP contribution in [0.1, 0.15) is 18.9 Å². The Bertz CT molecular complexity index is 485. The number of aldehydes is 1. The van der Waals surface area contributed by atoms with Crippen molar-refractivity contribution in [3.63, 3.8) is 0 Å². The summed E-state index contributed by atoms with van der Waals surface area (Å²) in [5, 5.41) is 0. The number of carbonyl (C=O) groups is 1. The molecule has 1 aromatic rings. The zero-order valence-corrected chi connectivity index (χ0v) is 10.0. The van der Waals surface area contributed by atoms with E-state index in [9.17, 15) is 4.79 Å². The van der Waals surface area contributed by atoms with Crippen molar-refractivity contribution in [2.75, 3.05) is 5.73 Å². The van der Waals surface area contributed by atoms with Gasteiger partial charge in [0.1, 0.15) is 6.29 Å². The van der Waals surface area contributed by atoms with Crippen molar-refractivity contribution in [2.24, 2.45) is 5.92 Å². The van der Waals surface area contributed by atoms with Crippen molar-refractivity contribution in [1.82, 2.24) is 0 Å². The van der Waals surface area contributed by atoms with Crippen LogP contribution >= 0.6 is 0 Å². The maximum Gasteiger partial charge on any atom is 0.150 e. The number of hydrogen-bond donors (Lipinski definition) is 1. The van der Waals surface area contributed by atoms with Gasteiger partial charge in [-0.25, -0.2) is 0 Å². The second-order valence-electron chi connectivity index (χ2n) is 4.51. The van der Waals surface area contributed by atoms with Crippen LogP contribution in [0.25, 0.3) is 0 Å². The first-order valence-electron chi connectivity index (χ1n) is 5.90. The van der Waals surface area contributed by atoms with Crippen LogP contribution < -0.4 is 5.73 Å². The Morgan fingerprint density at radius 3 is 2.88 bits per heavy atom. The molecule has 2 rings (SSSR count). The Morgan fingerprint density at radius 1 is 1.41 bits per heavy atom. The zero-order chi connectivity index (χ0) is 12.3. The van der Waals surface area contributed by atoms with Gasteiger partial charge < -0.3 is 5.73 Å². The van der Waals surface area contributed by atoms with Crippen LogP contribution in [0.5, 0.6) is 0 Å². The highest BCUT2D eigenvalue weighted by Crippen LogP contribution is 2.28. The fourth-order valence-electron chi connectivity index (χ4n) is 2.22. The molecule has 0 aromatic heterocycles. The summed E-state index contributed by atoms with van der Waals surface area (Å²) in [5.41, 5.74) is 9.85. The van der Waals surface area contributed by atoms with E-state index < -0.39 is 0 Å². The molecule has 2 N–H and O–H groups in total. The molecule has 1 aliphatic rings. The fourth-order valence-corrected chi connectivity index (χ4v) is 2.22. The molecule has 0 spiro atoms. The molecule has 2 heteroatoms. The lowest BCUT2D eigenvalue weighted by atomic mass is 9.84. The highest BCUT2D eigenvalue weighted by atomic mass is 16.1. The van der Waals surface area contributed by atoms with Gasteiger partial charge in [0.25, 0.3) is 0 Å². The average Bonchev–Trinajstić information content (AvgIpc) is 2.34. The Labute approximate surface area is 102 Å². The molecule has 0 saturated heterocycles. The molecule has 0 aliphatic heterocycles. The van der Waals surface area contributed by atoms with Gasteiger partial charge in [-0.3, -0.25) is 4.79 Å². The Morgan fingerprint density at radius 2 is 2.18 bits per heavy atom. The van der Waals surface area contributed by atoms with E-state index in [0.29, 0.717) is 5.92 Å². The van der Waals surface area contributed by atoms with E-state index in [1.54, 1.807) is 0 Å². The monoisotopic (exact) mass is 227 g/mol. The quantitative estimate of drug-likeness (QED) is 0.637. The van der Waals surface area contributed by atoms with Gasteiger partial charge in [-0.05, 0) is 30.4 Å². The lowest BCUT2D eigenvalue weighted by molar-refractivity contribution is -0.104. The number of anilines is 1. The van der Waals surface area contributed by atoms with Crippen LogP contribution in [0, 0.1) is 5.92 Å². The first kappa shape index (κ1) is 11.6. The van der Waals surface area contributed by atoms with Crippen molar-refractivity contribution in [3.05, 3.63) is 53.1 Å². The minimum absolute atomic E-state index is 0.416. The first-order chi connectivity index (χ1) is 8.22. The lowest BCUT2D eigenvalue weighted by Crippen LogP contribution is -2.10. The summed E-state index contributed by atoms with van der Waals surface area (Å²) < 4.78 is 0. The van der Waals surface area contributed by atoms with Gasteiger partial charge in [0.2, 0.25) is 0 Å². The van der Waals surface area contributed by atoms with Gasteiger partial charge in [0, 0.05) is 11.3 Å². The topological polar surface area (TPSA) is 43.1 Å². The predicted octanol–water partition coefficient (Wildman–Crippen LogP) is 2.90. The summed E-state index contributed by atoms with van der Waals surface area (Å²) in [4.78, 5) is 11.1. The molecule has 0 radical (unpaired) electrons. The van der Waals surface area contributed by atoms with E-state index in [2.05, 4.69) is 13.0 Å². The van der Waals surface area contributed by atoms with Crippen LogP contribution in [0.3, 0.4) is 0 Å². The number of carbonyl (C=O) groups excluding carboxylic acids is 1. The van der Waals surface area contributed by atoms with Crippen LogP contribution in [0.4, 0.5) is 5.69 Å². The van der Waals surface area contributed by atoms with Gasteiger partial charge in [-0.2, -0.15) is 0 Å². The molecular weight excluding hydrogens is 210 g/mol. The van der Waals surface area contributed by atoms with Crippen LogP contribution in [-0.4, -0.2) is 6.29 Å². The molecule has 17 heavy (non-hydrogen) atoms. The highest BCUT2D eigenvalue weighted by Gasteiger charge is 2.16. The largest absolute Gasteiger partial charge is 0.398 e. The van der Waals surface area contributed by atoms with Gasteiger partial charge in [0.05, 0.1) is 0 Å². The van der Waals surface area contributed by atoms with Crippen molar-refractivity contribution in [2.45, 2.75) is 19.8 Å². The van der Waals surface area contributed by atoms with Crippen molar-refractivity contribution in [3.8, 4) is 0 Å².